The number of imidazole rings is 1. The maximum absolute atomic E-state index is 12.5. The van der Waals surface area contributed by atoms with Crippen LogP contribution in [0.3, 0.4) is 0 Å². The Kier molecular flexibility index (Phi) is 4.57. The fourth-order valence-electron chi connectivity index (χ4n) is 3.50. The van der Waals surface area contributed by atoms with E-state index in [-0.39, 0.29) is 18.6 Å². The van der Waals surface area contributed by atoms with Crippen LogP contribution in [0.4, 0.5) is 0 Å². The van der Waals surface area contributed by atoms with Crippen molar-refractivity contribution in [3.05, 3.63) is 41.9 Å². The van der Waals surface area contributed by atoms with Crippen molar-refractivity contribution in [2.75, 3.05) is 19.8 Å². The normalized spacial score (nSPS) is 20.2. The number of nitrogens with zero attached hydrogens (tertiary/aromatic N) is 2. The lowest BCUT2D eigenvalue weighted by Gasteiger charge is -2.23. The summed E-state index contributed by atoms with van der Waals surface area (Å²) in [5.74, 6) is 1.64. The number of aryl methyl sites for hydroxylation is 1. The van der Waals surface area contributed by atoms with Gasteiger partial charge in [-0.25, -0.2) is 4.98 Å². The number of likely N-dealkylation sites (tertiary alicyclic amines) is 1. The number of hydrogen-bond acceptors (Lipinski definition) is 3. The van der Waals surface area contributed by atoms with Gasteiger partial charge in [0.2, 0.25) is 5.91 Å². The van der Waals surface area contributed by atoms with E-state index in [2.05, 4.69) is 35.1 Å². The molecular weight excluding hydrogens is 314 g/mol. The second-order valence-corrected chi connectivity index (χ2v) is 7.26. The van der Waals surface area contributed by atoms with Crippen molar-refractivity contribution in [3.63, 3.8) is 0 Å². The molecule has 2 heterocycles. The van der Waals surface area contributed by atoms with Gasteiger partial charge in [-0.3, -0.25) is 4.79 Å². The minimum atomic E-state index is 0.0376. The van der Waals surface area contributed by atoms with Crippen LogP contribution in [0.15, 0.2) is 30.5 Å². The zero-order valence-electron chi connectivity index (χ0n) is 14.7. The first-order valence-corrected chi connectivity index (χ1v) is 9.20. The van der Waals surface area contributed by atoms with Gasteiger partial charge < -0.3 is 14.6 Å². The minimum Gasteiger partial charge on any atom is -0.371 e. The topological polar surface area (TPSA) is 58.2 Å². The number of carbonyl (C=O) groups is 1. The number of nitrogens with one attached hydrogen (secondary N) is 1. The average molecular weight is 339 g/mol. The van der Waals surface area contributed by atoms with Crippen molar-refractivity contribution in [1.82, 2.24) is 14.9 Å². The van der Waals surface area contributed by atoms with Crippen LogP contribution in [0.1, 0.15) is 43.1 Å². The van der Waals surface area contributed by atoms with Gasteiger partial charge in [0.25, 0.3) is 0 Å². The lowest BCUT2D eigenvalue weighted by atomic mass is 10.1. The number of benzene rings is 1. The minimum absolute atomic E-state index is 0.0376. The van der Waals surface area contributed by atoms with E-state index in [1.807, 2.05) is 17.2 Å². The third kappa shape index (κ3) is 3.76. The molecule has 1 unspecified atom stereocenters. The number of carbonyl (C=O) groups excluding carboxylic acids is 1. The van der Waals surface area contributed by atoms with Crippen molar-refractivity contribution in [3.8, 4) is 11.3 Å². The summed E-state index contributed by atoms with van der Waals surface area (Å²) in [4.78, 5) is 22.4. The highest BCUT2D eigenvalue weighted by atomic mass is 16.5. The number of hydrogen-bond donors (Lipinski definition) is 1. The van der Waals surface area contributed by atoms with Gasteiger partial charge >= 0.3 is 0 Å². The Hall–Kier alpha value is -2.14. The van der Waals surface area contributed by atoms with Crippen molar-refractivity contribution in [2.24, 2.45) is 5.92 Å². The fraction of sp³-hybridized carbons (Fsp3) is 0.500. The first-order chi connectivity index (χ1) is 12.2. The molecule has 5 nitrogen and oxygen atoms in total. The third-order valence-electron chi connectivity index (χ3n) is 5.09. The molecule has 2 aliphatic rings. The molecule has 0 radical (unpaired) electrons. The standard InChI is InChI=1S/C20H25N3O2/c1-14-4-2-5-16(10-14)17-11-21-20(22-17)18-6-3-9-23(18)19(24)13-25-12-15-7-8-15/h2,4-5,10-11,15,18H,3,6-9,12-13H2,1H3,(H,21,22). The van der Waals surface area contributed by atoms with E-state index in [1.54, 1.807) is 0 Å². The van der Waals surface area contributed by atoms with E-state index in [1.165, 1.54) is 18.4 Å². The van der Waals surface area contributed by atoms with Gasteiger partial charge in [0.15, 0.2) is 0 Å². The van der Waals surface area contributed by atoms with Gasteiger partial charge in [0, 0.05) is 6.54 Å². The molecule has 0 spiro atoms. The third-order valence-corrected chi connectivity index (χ3v) is 5.09. The van der Waals surface area contributed by atoms with Crippen LogP contribution in [0, 0.1) is 12.8 Å². The van der Waals surface area contributed by atoms with E-state index in [9.17, 15) is 4.79 Å². The first kappa shape index (κ1) is 16.3. The summed E-state index contributed by atoms with van der Waals surface area (Å²) < 4.78 is 5.58. The van der Waals surface area contributed by atoms with Crippen LogP contribution in [0.2, 0.25) is 0 Å². The Morgan fingerprint density at radius 1 is 1.36 bits per heavy atom. The summed E-state index contributed by atoms with van der Waals surface area (Å²) in [7, 11) is 0. The van der Waals surface area contributed by atoms with Crippen LogP contribution in [0.5, 0.6) is 0 Å². The van der Waals surface area contributed by atoms with Crippen molar-refractivity contribution in [2.45, 2.75) is 38.6 Å². The molecule has 1 atom stereocenters. The number of aromatic amines is 1. The molecule has 1 aliphatic heterocycles. The highest BCUT2D eigenvalue weighted by Crippen LogP contribution is 2.32. The zero-order valence-corrected chi connectivity index (χ0v) is 14.7. The quantitative estimate of drug-likeness (QED) is 0.876. The van der Waals surface area contributed by atoms with Crippen molar-refractivity contribution < 1.29 is 9.53 Å². The molecule has 1 saturated carbocycles. The molecule has 5 heteroatoms. The molecule has 1 aliphatic carbocycles. The summed E-state index contributed by atoms with van der Waals surface area (Å²) in [6.45, 7) is 3.79. The second-order valence-electron chi connectivity index (χ2n) is 7.26. The lowest BCUT2D eigenvalue weighted by molar-refractivity contribution is -0.137. The maximum Gasteiger partial charge on any atom is 0.249 e. The Labute approximate surface area is 148 Å². The van der Waals surface area contributed by atoms with E-state index in [0.29, 0.717) is 5.92 Å². The van der Waals surface area contributed by atoms with Gasteiger partial charge in [-0.2, -0.15) is 0 Å². The highest BCUT2D eigenvalue weighted by Gasteiger charge is 2.32. The van der Waals surface area contributed by atoms with Crippen molar-refractivity contribution in [1.29, 1.82) is 0 Å². The monoisotopic (exact) mass is 339 g/mol. The second kappa shape index (κ2) is 7.00. The summed E-state index contributed by atoms with van der Waals surface area (Å²) in [5.41, 5.74) is 3.35. The number of ether oxygens (including phenoxy) is 1. The molecule has 1 aromatic heterocycles. The molecule has 1 N–H and O–H groups in total. The summed E-state index contributed by atoms with van der Waals surface area (Å²) in [5, 5.41) is 0. The van der Waals surface area contributed by atoms with Crippen LogP contribution >= 0.6 is 0 Å². The molecule has 0 bridgehead atoms. The van der Waals surface area contributed by atoms with Gasteiger partial charge in [0.1, 0.15) is 12.4 Å². The molecule has 1 aromatic carbocycles. The molecule has 1 amide bonds. The largest absolute Gasteiger partial charge is 0.371 e. The number of H-pyrrole nitrogens is 1. The van der Waals surface area contributed by atoms with E-state index in [4.69, 9.17) is 4.74 Å². The predicted octanol–water partition coefficient (Wildman–Crippen LogP) is 3.48. The Morgan fingerprint density at radius 3 is 3.04 bits per heavy atom. The number of amides is 1. The Bertz CT molecular complexity index is 751. The Balaban J connectivity index is 1.44. The zero-order chi connectivity index (χ0) is 17.2. The summed E-state index contributed by atoms with van der Waals surface area (Å²) >= 11 is 0. The fourth-order valence-corrected chi connectivity index (χ4v) is 3.50. The van der Waals surface area contributed by atoms with E-state index >= 15 is 0 Å². The molecule has 2 fully saturated rings. The number of rotatable bonds is 6. The summed E-state index contributed by atoms with van der Waals surface area (Å²) in [6.07, 6.45) is 6.33. The average Bonchev–Trinajstić information content (AvgIpc) is 3.12. The van der Waals surface area contributed by atoms with Gasteiger partial charge in [0.05, 0.1) is 24.5 Å². The molecular formula is C20H25N3O2. The van der Waals surface area contributed by atoms with Crippen LogP contribution < -0.4 is 0 Å². The van der Waals surface area contributed by atoms with Crippen LogP contribution in [-0.2, 0) is 9.53 Å². The summed E-state index contributed by atoms with van der Waals surface area (Å²) in [6, 6.07) is 8.39. The molecule has 1 saturated heterocycles. The van der Waals surface area contributed by atoms with Gasteiger partial charge in [-0.05, 0) is 50.2 Å². The van der Waals surface area contributed by atoms with Crippen LogP contribution in [-0.4, -0.2) is 40.5 Å². The number of aromatic nitrogens is 2. The van der Waals surface area contributed by atoms with E-state index in [0.717, 1.165) is 43.1 Å². The molecule has 132 valence electrons. The van der Waals surface area contributed by atoms with E-state index < -0.39 is 0 Å². The smallest absolute Gasteiger partial charge is 0.249 e. The SMILES string of the molecule is Cc1cccc(-c2cnc(C3CCCN3C(=O)COCC3CC3)[nH]2)c1. The highest BCUT2D eigenvalue weighted by molar-refractivity contribution is 5.78. The Morgan fingerprint density at radius 2 is 2.24 bits per heavy atom. The first-order valence-electron chi connectivity index (χ1n) is 9.20. The lowest BCUT2D eigenvalue weighted by Crippen LogP contribution is -2.34. The van der Waals surface area contributed by atoms with Crippen LogP contribution in [0.25, 0.3) is 11.3 Å². The van der Waals surface area contributed by atoms with Gasteiger partial charge in [-0.15, -0.1) is 0 Å². The maximum atomic E-state index is 12.5. The predicted molar refractivity (Wildman–Crippen MR) is 96.0 cm³/mol. The molecule has 25 heavy (non-hydrogen) atoms. The van der Waals surface area contributed by atoms with Crippen molar-refractivity contribution >= 4 is 5.91 Å². The molecule has 4 rings (SSSR count). The van der Waals surface area contributed by atoms with Gasteiger partial charge in [-0.1, -0.05) is 23.8 Å². The molecule has 2 aromatic rings.